The van der Waals surface area contributed by atoms with E-state index in [1.165, 1.54) is 81.8 Å². The van der Waals surface area contributed by atoms with Gasteiger partial charge in [-0.3, -0.25) is 0 Å². The van der Waals surface area contributed by atoms with Crippen LogP contribution in [0.2, 0.25) is 0 Å². The maximum atomic E-state index is 3.48. The molecule has 20 heavy (non-hydrogen) atoms. The van der Waals surface area contributed by atoms with Crippen molar-refractivity contribution in [3.05, 3.63) is 34.9 Å². The van der Waals surface area contributed by atoms with Crippen molar-refractivity contribution in [1.82, 2.24) is 0 Å². The quantitative estimate of drug-likeness (QED) is 0.407. The van der Waals surface area contributed by atoms with E-state index in [0.29, 0.717) is 0 Å². The summed E-state index contributed by atoms with van der Waals surface area (Å²) in [5.74, 6) is 0. The van der Waals surface area contributed by atoms with Gasteiger partial charge in [-0.15, -0.1) is 0 Å². The molecule has 0 amide bonds. The van der Waals surface area contributed by atoms with Crippen molar-refractivity contribution in [3.8, 4) is 0 Å². The summed E-state index contributed by atoms with van der Waals surface area (Å²) < 4.78 is 0. The Morgan fingerprint density at radius 2 is 1.45 bits per heavy atom. The Labute approximate surface area is 127 Å². The topological polar surface area (TPSA) is 0 Å². The molecular formula is C20H33. The number of hydrogen-bond donors (Lipinski definition) is 0. The van der Waals surface area contributed by atoms with Crippen LogP contribution in [0, 0.1) is 13.0 Å². The van der Waals surface area contributed by atoms with Crippen molar-refractivity contribution in [2.45, 2.75) is 91.4 Å². The van der Waals surface area contributed by atoms with Gasteiger partial charge in [0.05, 0.1) is 0 Å². The van der Waals surface area contributed by atoms with Gasteiger partial charge in [0.25, 0.3) is 0 Å². The number of unbranched alkanes of at least 4 members (excludes halogenated alkanes) is 7. The second kappa shape index (κ2) is 10.9. The van der Waals surface area contributed by atoms with E-state index in [1.807, 2.05) is 0 Å². The molecule has 0 atom stereocenters. The van der Waals surface area contributed by atoms with Crippen molar-refractivity contribution in [2.75, 3.05) is 0 Å². The summed E-state index contributed by atoms with van der Waals surface area (Å²) in [6, 6.07) is 7.80. The molecule has 0 aliphatic carbocycles. The monoisotopic (exact) mass is 273 g/mol. The van der Waals surface area contributed by atoms with Crippen LogP contribution in [-0.2, 0) is 12.8 Å². The molecule has 0 heterocycles. The Hall–Kier alpha value is -0.780. The molecule has 1 aromatic carbocycles. The Bertz CT molecular complexity index is 351. The predicted molar refractivity (Wildman–Crippen MR) is 90.3 cm³/mol. The van der Waals surface area contributed by atoms with Crippen molar-refractivity contribution in [2.24, 2.45) is 0 Å². The summed E-state index contributed by atoms with van der Waals surface area (Å²) in [4.78, 5) is 0. The van der Waals surface area contributed by atoms with Crippen molar-refractivity contribution in [1.29, 1.82) is 0 Å². The normalized spacial score (nSPS) is 10.9. The summed E-state index contributed by atoms with van der Waals surface area (Å²) in [7, 11) is 0. The van der Waals surface area contributed by atoms with Gasteiger partial charge in [0.2, 0.25) is 0 Å². The lowest BCUT2D eigenvalue weighted by Gasteiger charge is -2.11. The average molecular weight is 273 g/mol. The van der Waals surface area contributed by atoms with Crippen LogP contribution in [0.5, 0.6) is 0 Å². The van der Waals surface area contributed by atoms with E-state index in [1.54, 1.807) is 5.56 Å². The zero-order valence-electron chi connectivity index (χ0n) is 13.9. The molecule has 0 heteroatoms. The molecule has 0 saturated carbocycles. The lowest BCUT2D eigenvalue weighted by molar-refractivity contribution is 0.575. The molecule has 0 aromatic heterocycles. The van der Waals surface area contributed by atoms with Crippen LogP contribution in [0.4, 0.5) is 0 Å². The summed E-state index contributed by atoms with van der Waals surface area (Å²) in [6.07, 6.45) is 14.9. The SMILES string of the molecule is CCCCCCCCCCc1[c]ccc(C)c1CCC. The first-order valence-corrected chi connectivity index (χ1v) is 8.78. The standard InChI is InChI=1S/C20H33/c1-4-6-7-8-9-10-11-12-16-19-17-13-15-18(3)20(19)14-5-2/h13,15H,4-12,14,16H2,1-3H3. The second-order valence-electron chi connectivity index (χ2n) is 6.09. The molecule has 0 fully saturated rings. The summed E-state index contributed by atoms with van der Waals surface area (Å²) in [5.41, 5.74) is 4.51. The highest BCUT2D eigenvalue weighted by Crippen LogP contribution is 2.19. The molecule has 0 N–H and O–H groups in total. The molecular weight excluding hydrogens is 240 g/mol. The molecule has 0 unspecified atom stereocenters. The molecule has 0 saturated heterocycles. The first kappa shape index (κ1) is 17.3. The molecule has 1 radical (unpaired) electrons. The van der Waals surface area contributed by atoms with Gasteiger partial charge in [-0.1, -0.05) is 77.3 Å². The lowest BCUT2D eigenvalue weighted by Crippen LogP contribution is -1.98. The average Bonchev–Trinajstić information content (AvgIpc) is 2.45. The van der Waals surface area contributed by atoms with Crippen molar-refractivity contribution < 1.29 is 0 Å². The molecule has 0 aliphatic heterocycles. The van der Waals surface area contributed by atoms with Gasteiger partial charge in [-0.25, -0.2) is 0 Å². The van der Waals surface area contributed by atoms with Crippen LogP contribution in [0.25, 0.3) is 0 Å². The van der Waals surface area contributed by atoms with Crippen LogP contribution in [0.1, 0.15) is 88.3 Å². The highest BCUT2D eigenvalue weighted by atomic mass is 14.1. The molecule has 113 valence electrons. The van der Waals surface area contributed by atoms with Gasteiger partial charge in [-0.05, 0) is 48.9 Å². The van der Waals surface area contributed by atoms with Gasteiger partial charge in [0.15, 0.2) is 0 Å². The number of rotatable bonds is 11. The summed E-state index contributed by atoms with van der Waals surface area (Å²) in [5, 5.41) is 0. The van der Waals surface area contributed by atoms with Crippen LogP contribution in [-0.4, -0.2) is 0 Å². The summed E-state index contributed by atoms with van der Waals surface area (Å²) in [6.45, 7) is 6.80. The molecule has 1 rings (SSSR count). The Balaban J connectivity index is 2.23. The van der Waals surface area contributed by atoms with E-state index in [9.17, 15) is 0 Å². The maximum absolute atomic E-state index is 3.48. The minimum absolute atomic E-state index is 1.22. The fraction of sp³-hybridized carbons (Fsp3) is 0.700. The third-order valence-electron chi connectivity index (χ3n) is 4.21. The Morgan fingerprint density at radius 1 is 0.800 bits per heavy atom. The molecule has 1 aromatic rings. The first-order chi connectivity index (χ1) is 9.79. The highest BCUT2D eigenvalue weighted by molar-refractivity contribution is 5.33. The lowest BCUT2D eigenvalue weighted by atomic mass is 9.94. The Kier molecular flexibility index (Phi) is 9.45. The van der Waals surface area contributed by atoms with Crippen LogP contribution in [0.15, 0.2) is 12.1 Å². The fourth-order valence-electron chi connectivity index (χ4n) is 2.95. The highest BCUT2D eigenvalue weighted by Gasteiger charge is 2.04. The van der Waals surface area contributed by atoms with E-state index in [-0.39, 0.29) is 0 Å². The summed E-state index contributed by atoms with van der Waals surface area (Å²) >= 11 is 0. The predicted octanol–water partition coefficient (Wildman–Crippen LogP) is 6.43. The van der Waals surface area contributed by atoms with E-state index >= 15 is 0 Å². The first-order valence-electron chi connectivity index (χ1n) is 8.78. The smallest absolute Gasteiger partial charge is 0.0146 e. The minimum Gasteiger partial charge on any atom is -0.0654 e. The van der Waals surface area contributed by atoms with Gasteiger partial charge < -0.3 is 0 Å². The Morgan fingerprint density at radius 3 is 2.10 bits per heavy atom. The minimum atomic E-state index is 1.22. The van der Waals surface area contributed by atoms with Gasteiger partial charge in [0.1, 0.15) is 0 Å². The third kappa shape index (κ3) is 6.59. The van der Waals surface area contributed by atoms with Crippen LogP contribution in [0.3, 0.4) is 0 Å². The molecule has 0 spiro atoms. The van der Waals surface area contributed by atoms with Gasteiger partial charge >= 0.3 is 0 Å². The molecule has 0 bridgehead atoms. The van der Waals surface area contributed by atoms with E-state index in [2.05, 4.69) is 39.0 Å². The molecule has 0 aliphatic rings. The third-order valence-corrected chi connectivity index (χ3v) is 4.21. The number of hydrogen-bond acceptors (Lipinski definition) is 0. The zero-order chi connectivity index (χ0) is 14.6. The fourth-order valence-corrected chi connectivity index (χ4v) is 2.95. The van der Waals surface area contributed by atoms with Crippen molar-refractivity contribution in [3.63, 3.8) is 0 Å². The zero-order valence-corrected chi connectivity index (χ0v) is 13.9. The van der Waals surface area contributed by atoms with E-state index < -0.39 is 0 Å². The maximum Gasteiger partial charge on any atom is -0.0146 e. The number of aryl methyl sites for hydroxylation is 2. The van der Waals surface area contributed by atoms with Crippen LogP contribution >= 0.6 is 0 Å². The second-order valence-corrected chi connectivity index (χ2v) is 6.09. The van der Waals surface area contributed by atoms with E-state index in [0.717, 1.165) is 0 Å². The van der Waals surface area contributed by atoms with Gasteiger partial charge in [0, 0.05) is 0 Å². The van der Waals surface area contributed by atoms with Crippen LogP contribution < -0.4 is 0 Å². The largest absolute Gasteiger partial charge is 0.0654 e. The number of benzene rings is 1. The molecule has 0 nitrogen and oxygen atoms in total. The van der Waals surface area contributed by atoms with Gasteiger partial charge in [-0.2, -0.15) is 0 Å². The van der Waals surface area contributed by atoms with E-state index in [4.69, 9.17) is 0 Å². The van der Waals surface area contributed by atoms with Crippen molar-refractivity contribution >= 4 is 0 Å².